The van der Waals surface area contributed by atoms with E-state index in [1.165, 1.54) is 0 Å². The predicted octanol–water partition coefficient (Wildman–Crippen LogP) is 5.01. The first-order chi connectivity index (χ1) is 18.4. The monoisotopic (exact) mass is 548 g/mol. The van der Waals surface area contributed by atoms with Gasteiger partial charge in [0.25, 0.3) is 0 Å². The zero-order valence-electron chi connectivity index (χ0n) is 22.7. The fourth-order valence-corrected chi connectivity index (χ4v) is 5.34. The zero-order chi connectivity index (χ0) is 27.2. The van der Waals surface area contributed by atoms with Gasteiger partial charge >= 0.3 is 0 Å². The van der Waals surface area contributed by atoms with Crippen LogP contribution in [0.25, 0.3) is 0 Å². The van der Waals surface area contributed by atoms with E-state index >= 15 is 0 Å². The fourth-order valence-electron chi connectivity index (χ4n) is 5.15. The van der Waals surface area contributed by atoms with E-state index in [1.54, 1.807) is 0 Å². The molecule has 2 aromatic rings. The summed E-state index contributed by atoms with van der Waals surface area (Å²) >= 11 is 6.65. The molecule has 2 N–H and O–H groups in total. The van der Waals surface area contributed by atoms with Crippen molar-refractivity contribution in [1.29, 1.82) is 0 Å². The van der Waals surface area contributed by atoms with Crippen molar-refractivity contribution >= 4 is 11.6 Å². The minimum Gasteiger partial charge on any atom is -0.494 e. The lowest BCUT2D eigenvalue weighted by atomic mass is 9.83. The second-order valence-electron chi connectivity index (χ2n) is 10.1. The number of hydrogen-bond acceptors (Lipinski definition) is 7. The topological polar surface area (TPSA) is 86.6 Å². The summed E-state index contributed by atoms with van der Waals surface area (Å²) < 4.78 is 31.0. The Bertz CT molecular complexity index is 1030. The van der Waals surface area contributed by atoms with E-state index in [9.17, 15) is 10.2 Å². The molecule has 2 saturated heterocycles. The largest absolute Gasteiger partial charge is 0.494 e. The zero-order valence-corrected chi connectivity index (χ0v) is 23.4. The third kappa shape index (κ3) is 5.89. The van der Waals surface area contributed by atoms with Crippen LogP contribution >= 0.6 is 11.6 Å². The molecule has 38 heavy (non-hydrogen) atoms. The molecular formula is C30H41ClO7. The lowest BCUT2D eigenvalue weighted by molar-refractivity contribution is -0.344. The Hall–Kier alpha value is -1.71. The SMILES string of the molecule is CCCCO[C@@H]1[C@@H](OCCCC)[C@@]2(c3ccc(Cl)c(Cc4ccc(OCC)cc4)c3)OC[C@](CO)(O2)[C@H]1O. The van der Waals surface area contributed by atoms with Gasteiger partial charge in [0.15, 0.2) is 0 Å². The second kappa shape index (κ2) is 13.1. The van der Waals surface area contributed by atoms with Gasteiger partial charge in [-0.3, -0.25) is 0 Å². The summed E-state index contributed by atoms with van der Waals surface area (Å²) in [6.07, 6.45) is 1.63. The number of halogens is 1. The maximum Gasteiger partial charge on any atom is 0.225 e. The smallest absolute Gasteiger partial charge is 0.225 e. The van der Waals surface area contributed by atoms with Crippen molar-refractivity contribution in [2.24, 2.45) is 0 Å². The van der Waals surface area contributed by atoms with E-state index in [1.807, 2.05) is 49.4 Å². The Balaban J connectivity index is 1.70. The van der Waals surface area contributed by atoms with Gasteiger partial charge in [-0.15, -0.1) is 0 Å². The Kier molecular flexibility index (Phi) is 10.1. The van der Waals surface area contributed by atoms with Crippen molar-refractivity contribution < 1.29 is 33.9 Å². The van der Waals surface area contributed by atoms with Gasteiger partial charge in [0.05, 0.1) is 19.8 Å². The first kappa shape index (κ1) is 29.3. The molecule has 210 valence electrons. The van der Waals surface area contributed by atoms with Gasteiger partial charge in [0, 0.05) is 23.8 Å². The highest BCUT2D eigenvalue weighted by molar-refractivity contribution is 6.31. The normalized spacial score (nSPS) is 28.5. The molecule has 0 saturated carbocycles. The lowest BCUT2D eigenvalue weighted by Gasteiger charge is -2.49. The molecule has 0 aliphatic carbocycles. The number of unbranched alkanes of at least 4 members (excludes halogenated alkanes) is 2. The summed E-state index contributed by atoms with van der Waals surface area (Å²) in [5.41, 5.74) is 1.39. The average Bonchev–Trinajstić information content (AvgIpc) is 3.30. The van der Waals surface area contributed by atoms with Crippen molar-refractivity contribution in [2.45, 2.75) is 82.6 Å². The first-order valence-electron chi connectivity index (χ1n) is 13.8. The molecule has 7 nitrogen and oxygen atoms in total. The Morgan fingerprint density at radius 1 is 1.00 bits per heavy atom. The Labute approximate surface area is 231 Å². The van der Waals surface area contributed by atoms with E-state index in [4.69, 9.17) is 35.3 Å². The van der Waals surface area contributed by atoms with Gasteiger partial charge in [-0.2, -0.15) is 0 Å². The van der Waals surface area contributed by atoms with Gasteiger partial charge in [-0.25, -0.2) is 0 Å². The highest BCUT2D eigenvalue weighted by atomic mass is 35.5. The van der Waals surface area contributed by atoms with E-state index in [0.29, 0.717) is 31.3 Å². The summed E-state index contributed by atoms with van der Waals surface area (Å²) in [6, 6.07) is 13.6. The van der Waals surface area contributed by atoms with Crippen LogP contribution < -0.4 is 4.74 Å². The van der Waals surface area contributed by atoms with Gasteiger partial charge in [-0.1, -0.05) is 56.5 Å². The third-order valence-electron chi connectivity index (χ3n) is 7.36. The van der Waals surface area contributed by atoms with Crippen LogP contribution in [0.3, 0.4) is 0 Å². The summed E-state index contributed by atoms with van der Waals surface area (Å²) in [7, 11) is 0. The second-order valence-corrected chi connectivity index (χ2v) is 10.5. The van der Waals surface area contributed by atoms with Crippen molar-refractivity contribution in [3.63, 3.8) is 0 Å². The molecule has 8 heteroatoms. The third-order valence-corrected chi connectivity index (χ3v) is 7.73. The van der Waals surface area contributed by atoms with Crippen molar-refractivity contribution in [1.82, 2.24) is 0 Å². The fraction of sp³-hybridized carbons (Fsp3) is 0.600. The molecule has 5 atom stereocenters. The molecule has 2 heterocycles. The standard InChI is InChI=1S/C30H41ClO7/c1-4-7-15-35-26-27(33)29(19-32)20-37-30(38-29,28(26)36-16-8-5-2)23-11-14-25(31)22(18-23)17-21-9-12-24(13-10-21)34-6-3/h9-14,18,26-28,32-33H,4-8,15-17,19-20H2,1-3H3/t26-,27-,28+,29-,30-/m0/s1. The highest BCUT2D eigenvalue weighted by Crippen LogP contribution is 2.51. The number of aliphatic hydroxyl groups excluding tert-OH is 2. The van der Waals surface area contributed by atoms with Crippen molar-refractivity contribution in [3.8, 4) is 5.75 Å². The summed E-state index contributed by atoms with van der Waals surface area (Å²) in [5.74, 6) is -0.532. The maximum absolute atomic E-state index is 11.3. The van der Waals surface area contributed by atoms with E-state index in [2.05, 4.69) is 13.8 Å². The summed E-state index contributed by atoms with van der Waals surface area (Å²) in [5, 5.41) is 22.3. The van der Waals surface area contributed by atoms with Crippen LogP contribution in [0, 0.1) is 0 Å². The number of aliphatic hydroxyl groups is 2. The van der Waals surface area contributed by atoms with Gasteiger partial charge in [0.2, 0.25) is 5.79 Å². The molecule has 2 bridgehead atoms. The lowest BCUT2D eigenvalue weighted by Crippen LogP contribution is -2.67. The minimum atomic E-state index is -1.36. The highest BCUT2D eigenvalue weighted by Gasteiger charge is 2.68. The first-order valence-corrected chi connectivity index (χ1v) is 14.2. The van der Waals surface area contributed by atoms with Crippen LogP contribution in [0.1, 0.15) is 63.1 Å². The Morgan fingerprint density at radius 3 is 2.37 bits per heavy atom. The van der Waals surface area contributed by atoms with E-state index in [-0.39, 0.29) is 6.61 Å². The molecule has 2 aliphatic rings. The molecule has 2 aliphatic heterocycles. The number of benzene rings is 2. The van der Waals surface area contributed by atoms with Gasteiger partial charge in [0.1, 0.15) is 29.7 Å². The maximum atomic E-state index is 11.3. The van der Waals surface area contributed by atoms with Crippen molar-refractivity contribution in [3.05, 3.63) is 64.2 Å². The number of hydrogen-bond donors (Lipinski definition) is 2. The van der Waals surface area contributed by atoms with Crippen LogP contribution in [0.15, 0.2) is 42.5 Å². The molecule has 0 spiro atoms. The minimum absolute atomic E-state index is 0.0167. The molecule has 0 aromatic heterocycles. The van der Waals surface area contributed by atoms with E-state index in [0.717, 1.165) is 48.1 Å². The number of rotatable bonds is 14. The summed E-state index contributed by atoms with van der Waals surface area (Å²) in [6.45, 7) is 7.30. The molecule has 0 unspecified atom stereocenters. The summed E-state index contributed by atoms with van der Waals surface area (Å²) in [4.78, 5) is 0. The predicted molar refractivity (Wildman–Crippen MR) is 146 cm³/mol. The molecule has 2 aromatic carbocycles. The molecular weight excluding hydrogens is 508 g/mol. The number of fused-ring (bicyclic) bond motifs is 2. The molecule has 2 fully saturated rings. The quantitative estimate of drug-likeness (QED) is 0.321. The Morgan fingerprint density at radius 2 is 1.71 bits per heavy atom. The van der Waals surface area contributed by atoms with Crippen molar-refractivity contribution in [2.75, 3.05) is 33.0 Å². The number of ether oxygens (including phenoxy) is 5. The molecule has 4 rings (SSSR count). The molecule has 0 radical (unpaired) electrons. The van der Waals surface area contributed by atoms with Crippen LogP contribution in [-0.2, 0) is 31.2 Å². The van der Waals surface area contributed by atoms with Crippen LogP contribution in [0.4, 0.5) is 0 Å². The van der Waals surface area contributed by atoms with E-state index < -0.39 is 36.3 Å². The van der Waals surface area contributed by atoms with Crippen LogP contribution in [0.5, 0.6) is 5.75 Å². The van der Waals surface area contributed by atoms with Gasteiger partial charge < -0.3 is 33.9 Å². The van der Waals surface area contributed by atoms with Crippen LogP contribution in [0.2, 0.25) is 5.02 Å². The van der Waals surface area contributed by atoms with Gasteiger partial charge in [-0.05, 0) is 61.6 Å². The average molecular weight is 549 g/mol. The molecule has 0 amide bonds. The van der Waals surface area contributed by atoms with Crippen LogP contribution in [-0.4, -0.2) is 67.2 Å².